The highest BCUT2D eigenvalue weighted by atomic mass is 79.9. The van der Waals surface area contributed by atoms with Crippen LogP contribution in [0.3, 0.4) is 0 Å². The Morgan fingerprint density at radius 2 is 1.96 bits per heavy atom. The average molecular weight is 381 g/mol. The first-order chi connectivity index (χ1) is 11.7. The van der Waals surface area contributed by atoms with Crippen LogP contribution in [0.25, 0.3) is 10.9 Å². The van der Waals surface area contributed by atoms with E-state index in [1.54, 1.807) is 0 Å². The second-order valence-electron chi connectivity index (χ2n) is 6.10. The zero-order valence-electron chi connectivity index (χ0n) is 13.2. The predicted molar refractivity (Wildman–Crippen MR) is 98.9 cm³/mol. The first kappa shape index (κ1) is 15.3. The fourth-order valence-corrected chi connectivity index (χ4v) is 3.82. The van der Waals surface area contributed by atoms with E-state index in [0.717, 1.165) is 34.8 Å². The zero-order valence-corrected chi connectivity index (χ0v) is 14.7. The number of carbonyl (C=O) groups is 1. The molecule has 1 fully saturated rings. The monoisotopic (exact) mass is 380 g/mol. The highest BCUT2D eigenvalue weighted by Crippen LogP contribution is 2.34. The first-order valence-electron chi connectivity index (χ1n) is 8.14. The maximum Gasteiger partial charge on any atom is 0.272 e. The molecular formula is C20H17BrN2O. The molecule has 0 radical (unpaired) electrons. The van der Waals surface area contributed by atoms with Gasteiger partial charge in [-0.2, -0.15) is 0 Å². The van der Waals surface area contributed by atoms with Gasteiger partial charge in [0.25, 0.3) is 5.91 Å². The van der Waals surface area contributed by atoms with Crippen LogP contribution in [0.5, 0.6) is 0 Å². The van der Waals surface area contributed by atoms with Crippen molar-refractivity contribution in [2.45, 2.75) is 18.9 Å². The summed E-state index contributed by atoms with van der Waals surface area (Å²) in [6.45, 7) is 0.782. The van der Waals surface area contributed by atoms with Crippen molar-refractivity contribution in [3.05, 3.63) is 76.4 Å². The van der Waals surface area contributed by atoms with E-state index in [-0.39, 0.29) is 11.9 Å². The Bertz CT molecular complexity index is 909. The fraction of sp³-hybridized carbons (Fsp3) is 0.200. The molecule has 1 unspecified atom stereocenters. The van der Waals surface area contributed by atoms with Gasteiger partial charge in [-0.3, -0.25) is 4.79 Å². The molecule has 4 heteroatoms. The van der Waals surface area contributed by atoms with Crippen molar-refractivity contribution in [2.24, 2.45) is 0 Å². The zero-order chi connectivity index (χ0) is 16.5. The van der Waals surface area contributed by atoms with E-state index < -0.39 is 0 Å². The van der Waals surface area contributed by atoms with Crippen LogP contribution >= 0.6 is 15.9 Å². The molecule has 2 aromatic carbocycles. The third kappa shape index (κ3) is 2.82. The number of carbonyl (C=O) groups excluding carboxylic acids is 1. The SMILES string of the molecule is O=C(c1ccc2ccccc2n1)N1CCCC1c1cccc(Br)c1. The minimum absolute atomic E-state index is 0.0169. The van der Waals surface area contributed by atoms with Gasteiger partial charge in [-0.25, -0.2) is 4.98 Å². The highest BCUT2D eigenvalue weighted by Gasteiger charge is 2.31. The summed E-state index contributed by atoms with van der Waals surface area (Å²) in [5, 5.41) is 1.05. The van der Waals surface area contributed by atoms with E-state index in [1.165, 1.54) is 5.56 Å². The molecule has 0 N–H and O–H groups in total. The van der Waals surface area contributed by atoms with E-state index in [4.69, 9.17) is 0 Å². The van der Waals surface area contributed by atoms with Gasteiger partial charge in [0, 0.05) is 16.4 Å². The van der Waals surface area contributed by atoms with Crippen molar-refractivity contribution in [3.63, 3.8) is 0 Å². The summed E-state index contributed by atoms with van der Waals surface area (Å²) in [5.74, 6) is 0.0169. The summed E-state index contributed by atoms with van der Waals surface area (Å²) in [7, 11) is 0. The van der Waals surface area contributed by atoms with Crippen molar-refractivity contribution in [2.75, 3.05) is 6.54 Å². The molecule has 2 heterocycles. The number of amides is 1. The number of halogens is 1. The standard InChI is InChI=1S/C20H17BrN2O/c21-16-7-3-6-15(13-16)19-9-4-12-23(19)20(24)18-11-10-14-5-1-2-8-17(14)22-18/h1-3,5-8,10-11,13,19H,4,9,12H2. The molecule has 0 spiro atoms. The summed E-state index contributed by atoms with van der Waals surface area (Å²) >= 11 is 3.52. The van der Waals surface area contributed by atoms with Gasteiger partial charge in [0.05, 0.1) is 11.6 Å². The molecule has 0 bridgehead atoms. The molecule has 1 aromatic heterocycles. The van der Waals surface area contributed by atoms with Crippen molar-refractivity contribution in [1.29, 1.82) is 0 Å². The van der Waals surface area contributed by atoms with Crippen LogP contribution in [-0.2, 0) is 0 Å². The van der Waals surface area contributed by atoms with Crippen molar-refractivity contribution in [3.8, 4) is 0 Å². The molecule has 1 saturated heterocycles. The van der Waals surface area contributed by atoms with Crippen LogP contribution in [0, 0.1) is 0 Å². The lowest BCUT2D eigenvalue weighted by atomic mass is 10.0. The maximum absolute atomic E-state index is 13.0. The van der Waals surface area contributed by atoms with Crippen LogP contribution < -0.4 is 0 Å². The molecule has 0 saturated carbocycles. The van der Waals surface area contributed by atoms with Crippen LogP contribution in [-0.4, -0.2) is 22.3 Å². The van der Waals surface area contributed by atoms with Gasteiger partial charge in [-0.1, -0.05) is 52.3 Å². The van der Waals surface area contributed by atoms with E-state index in [1.807, 2.05) is 53.4 Å². The van der Waals surface area contributed by atoms with E-state index in [9.17, 15) is 4.79 Å². The first-order valence-corrected chi connectivity index (χ1v) is 8.94. The van der Waals surface area contributed by atoms with Crippen LogP contribution in [0.15, 0.2) is 65.1 Å². The van der Waals surface area contributed by atoms with Crippen LogP contribution in [0.2, 0.25) is 0 Å². The largest absolute Gasteiger partial charge is 0.330 e. The number of likely N-dealkylation sites (tertiary alicyclic amines) is 1. The van der Waals surface area contributed by atoms with Gasteiger partial charge < -0.3 is 4.90 Å². The summed E-state index contributed by atoms with van der Waals surface area (Å²) in [4.78, 5) is 19.5. The van der Waals surface area contributed by atoms with Crippen LogP contribution in [0.1, 0.15) is 34.9 Å². The summed E-state index contributed by atoms with van der Waals surface area (Å²) in [5.41, 5.74) is 2.56. The minimum atomic E-state index is 0.0169. The number of aromatic nitrogens is 1. The number of fused-ring (bicyclic) bond motifs is 1. The number of pyridine rings is 1. The van der Waals surface area contributed by atoms with Crippen molar-refractivity contribution in [1.82, 2.24) is 9.88 Å². The molecule has 3 nitrogen and oxygen atoms in total. The Morgan fingerprint density at radius 1 is 1.08 bits per heavy atom. The Kier molecular flexibility index (Phi) is 4.07. The quantitative estimate of drug-likeness (QED) is 0.628. The number of benzene rings is 2. The van der Waals surface area contributed by atoms with E-state index in [0.29, 0.717) is 5.69 Å². The molecule has 24 heavy (non-hydrogen) atoms. The lowest BCUT2D eigenvalue weighted by Crippen LogP contribution is -2.31. The van der Waals surface area contributed by atoms with Gasteiger partial charge in [0.2, 0.25) is 0 Å². The van der Waals surface area contributed by atoms with Gasteiger partial charge in [-0.05, 0) is 42.7 Å². The number of nitrogens with zero attached hydrogens (tertiary/aromatic N) is 2. The average Bonchev–Trinajstić information content (AvgIpc) is 3.10. The second kappa shape index (κ2) is 6.36. The van der Waals surface area contributed by atoms with Crippen LogP contribution in [0.4, 0.5) is 0 Å². The number of hydrogen-bond donors (Lipinski definition) is 0. The van der Waals surface area contributed by atoms with Gasteiger partial charge in [0.1, 0.15) is 5.69 Å². The molecule has 0 aliphatic carbocycles. The van der Waals surface area contributed by atoms with Gasteiger partial charge in [-0.15, -0.1) is 0 Å². The Labute approximate surface area is 149 Å². The molecule has 1 atom stereocenters. The third-order valence-corrected chi connectivity index (χ3v) is 5.06. The van der Waals surface area contributed by atoms with Gasteiger partial charge >= 0.3 is 0 Å². The molecule has 1 aliphatic rings. The lowest BCUT2D eigenvalue weighted by Gasteiger charge is -2.25. The Hall–Kier alpha value is -2.20. The minimum Gasteiger partial charge on any atom is -0.330 e. The Balaban J connectivity index is 1.66. The van der Waals surface area contributed by atoms with Crippen molar-refractivity contribution >= 4 is 32.7 Å². The summed E-state index contributed by atoms with van der Waals surface area (Å²) in [6, 6.07) is 20.0. The van der Waals surface area contributed by atoms with E-state index >= 15 is 0 Å². The molecule has 1 amide bonds. The summed E-state index contributed by atoms with van der Waals surface area (Å²) in [6.07, 6.45) is 2.02. The highest BCUT2D eigenvalue weighted by molar-refractivity contribution is 9.10. The smallest absolute Gasteiger partial charge is 0.272 e. The number of hydrogen-bond acceptors (Lipinski definition) is 2. The van der Waals surface area contributed by atoms with E-state index in [2.05, 4.69) is 33.0 Å². The predicted octanol–water partition coefficient (Wildman–Crippen LogP) is 4.97. The normalized spacial score (nSPS) is 17.4. The topological polar surface area (TPSA) is 33.2 Å². The molecule has 1 aliphatic heterocycles. The maximum atomic E-state index is 13.0. The molecular weight excluding hydrogens is 364 g/mol. The second-order valence-corrected chi connectivity index (χ2v) is 7.02. The van der Waals surface area contributed by atoms with Gasteiger partial charge in [0.15, 0.2) is 0 Å². The number of para-hydroxylation sites is 1. The lowest BCUT2D eigenvalue weighted by molar-refractivity contribution is 0.0730. The van der Waals surface area contributed by atoms with Crippen molar-refractivity contribution < 1.29 is 4.79 Å². The molecule has 3 aromatic rings. The molecule has 4 rings (SSSR count). The fourth-order valence-electron chi connectivity index (χ4n) is 3.40. The third-order valence-electron chi connectivity index (χ3n) is 4.56. The molecule has 120 valence electrons. The Morgan fingerprint density at radius 3 is 2.83 bits per heavy atom. The number of rotatable bonds is 2. The summed E-state index contributed by atoms with van der Waals surface area (Å²) < 4.78 is 1.04.